The maximum absolute atomic E-state index is 5.33. The van der Waals surface area contributed by atoms with Crippen molar-refractivity contribution in [2.24, 2.45) is 4.99 Å². The highest BCUT2D eigenvalue weighted by Gasteiger charge is 2.07. The van der Waals surface area contributed by atoms with E-state index in [2.05, 4.69) is 28.6 Å². The lowest BCUT2D eigenvalue weighted by molar-refractivity contribution is 0.355. The van der Waals surface area contributed by atoms with Gasteiger partial charge in [-0.25, -0.2) is 0 Å². The van der Waals surface area contributed by atoms with Gasteiger partial charge >= 0.3 is 0 Å². The van der Waals surface area contributed by atoms with Crippen molar-refractivity contribution < 1.29 is 9.47 Å². The molecule has 0 bridgehead atoms. The summed E-state index contributed by atoms with van der Waals surface area (Å²) < 4.78 is 10.6. The van der Waals surface area contributed by atoms with E-state index in [0.717, 1.165) is 31.2 Å². The van der Waals surface area contributed by atoms with Gasteiger partial charge in [0.05, 0.1) is 14.2 Å². The third-order valence-corrected chi connectivity index (χ3v) is 3.83. The molecule has 0 aromatic heterocycles. The van der Waals surface area contributed by atoms with Crippen molar-refractivity contribution in [1.29, 1.82) is 0 Å². The maximum atomic E-state index is 5.33. The number of aliphatic imine (C=N–C) groups is 1. The fraction of sp³-hybridized carbons (Fsp3) is 0.500. The first kappa shape index (κ1) is 17.2. The lowest BCUT2D eigenvalue weighted by Crippen LogP contribution is -2.30. The van der Waals surface area contributed by atoms with Gasteiger partial charge in [0.25, 0.3) is 0 Å². The smallest absolute Gasteiger partial charge is 0.195 e. The Balaban J connectivity index is 2.00. The van der Waals surface area contributed by atoms with E-state index in [1.807, 2.05) is 18.2 Å². The number of methoxy groups -OCH3 is 2. The van der Waals surface area contributed by atoms with E-state index in [-0.39, 0.29) is 0 Å². The van der Waals surface area contributed by atoms with Gasteiger partial charge in [0.2, 0.25) is 0 Å². The van der Waals surface area contributed by atoms with Gasteiger partial charge in [-0.2, -0.15) is 0 Å². The monoisotopic (exact) mass is 317 g/mol. The second-order valence-electron chi connectivity index (χ2n) is 5.46. The van der Waals surface area contributed by atoms with Crippen molar-refractivity contribution in [3.63, 3.8) is 0 Å². The van der Waals surface area contributed by atoms with Gasteiger partial charge in [0.15, 0.2) is 17.5 Å². The third-order valence-electron chi connectivity index (χ3n) is 3.83. The van der Waals surface area contributed by atoms with Crippen molar-refractivity contribution in [2.75, 3.05) is 32.6 Å². The minimum atomic E-state index is 0.699. The number of anilines is 1. The molecule has 0 radical (unpaired) electrons. The van der Waals surface area contributed by atoms with Crippen LogP contribution in [0.2, 0.25) is 0 Å². The Morgan fingerprint density at radius 1 is 1.22 bits per heavy atom. The Morgan fingerprint density at radius 2 is 2.04 bits per heavy atom. The summed E-state index contributed by atoms with van der Waals surface area (Å²) in [6.07, 6.45) is 7.15. The predicted octanol–water partition coefficient (Wildman–Crippen LogP) is 3.58. The summed E-state index contributed by atoms with van der Waals surface area (Å²) in [6, 6.07) is 5.74. The molecule has 0 saturated carbocycles. The Labute approximate surface area is 138 Å². The maximum Gasteiger partial charge on any atom is 0.195 e. The molecule has 5 heteroatoms. The molecule has 0 saturated heterocycles. The normalized spacial score (nSPS) is 14.4. The summed E-state index contributed by atoms with van der Waals surface area (Å²) in [4.78, 5) is 4.65. The Morgan fingerprint density at radius 3 is 2.70 bits per heavy atom. The van der Waals surface area contributed by atoms with Crippen LogP contribution in [0.25, 0.3) is 0 Å². The Bertz CT molecular complexity index is 567. The van der Waals surface area contributed by atoms with Gasteiger partial charge in [-0.3, -0.25) is 4.99 Å². The number of guanidine groups is 1. The van der Waals surface area contributed by atoms with Crippen molar-refractivity contribution in [3.8, 4) is 11.5 Å². The van der Waals surface area contributed by atoms with Crippen LogP contribution in [0, 0.1) is 0 Å². The van der Waals surface area contributed by atoms with Crippen molar-refractivity contribution in [1.82, 2.24) is 5.32 Å². The van der Waals surface area contributed by atoms with Crippen LogP contribution in [0.4, 0.5) is 5.69 Å². The quantitative estimate of drug-likeness (QED) is 0.458. The summed E-state index contributed by atoms with van der Waals surface area (Å²) in [5, 5.41) is 6.59. The zero-order valence-corrected chi connectivity index (χ0v) is 14.3. The molecule has 23 heavy (non-hydrogen) atoms. The van der Waals surface area contributed by atoms with E-state index in [1.54, 1.807) is 14.2 Å². The number of allylic oxidation sites excluding steroid dienone is 1. The van der Waals surface area contributed by atoms with E-state index in [4.69, 9.17) is 9.47 Å². The number of hydrogen-bond acceptors (Lipinski definition) is 3. The van der Waals surface area contributed by atoms with E-state index >= 15 is 0 Å². The molecule has 1 aliphatic rings. The molecule has 1 aromatic carbocycles. The predicted molar refractivity (Wildman–Crippen MR) is 95.7 cm³/mol. The molecule has 126 valence electrons. The van der Waals surface area contributed by atoms with Crippen LogP contribution in [0.3, 0.4) is 0 Å². The summed E-state index contributed by atoms with van der Waals surface area (Å²) in [5.41, 5.74) is 2.46. The fourth-order valence-electron chi connectivity index (χ4n) is 2.63. The number of nitrogens with one attached hydrogen (secondary N) is 2. The molecule has 2 N–H and O–H groups in total. The number of rotatable bonds is 7. The van der Waals surface area contributed by atoms with E-state index in [9.17, 15) is 0 Å². The summed E-state index contributed by atoms with van der Waals surface area (Å²) in [7, 11) is 3.27. The highest BCUT2D eigenvalue weighted by molar-refractivity contribution is 5.93. The largest absolute Gasteiger partial charge is 0.493 e. The molecular formula is C18H27N3O2. The van der Waals surface area contributed by atoms with E-state index in [1.165, 1.54) is 24.8 Å². The summed E-state index contributed by atoms with van der Waals surface area (Å²) in [5.74, 6) is 2.20. The van der Waals surface area contributed by atoms with E-state index in [0.29, 0.717) is 11.5 Å². The highest BCUT2D eigenvalue weighted by atomic mass is 16.5. The molecule has 1 aliphatic carbocycles. The highest BCUT2D eigenvalue weighted by Crippen LogP contribution is 2.29. The van der Waals surface area contributed by atoms with Gasteiger partial charge in [-0.05, 0) is 44.7 Å². The number of nitrogens with zero attached hydrogens (tertiary/aromatic N) is 1. The minimum absolute atomic E-state index is 0.699. The van der Waals surface area contributed by atoms with Gasteiger partial charge in [-0.15, -0.1) is 0 Å². The molecular weight excluding hydrogens is 290 g/mol. The second kappa shape index (κ2) is 9.08. The number of ether oxygens (including phenoxy) is 2. The first-order valence-electron chi connectivity index (χ1n) is 8.22. The third kappa shape index (κ3) is 5.20. The lowest BCUT2D eigenvalue weighted by atomic mass is 10.2. The Hall–Kier alpha value is -2.17. The van der Waals surface area contributed by atoms with Crippen molar-refractivity contribution in [3.05, 3.63) is 29.8 Å². The standard InChI is InChI=1S/C18H27N3O2/c1-4-19-18(20-12-11-14-7-5-6-8-14)21-15-9-10-16(22-2)17(13-15)23-3/h7,9-10,13H,4-6,8,11-12H2,1-3H3,(H2,19,20,21). The number of benzene rings is 1. The van der Waals surface area contributed by atoms with E-state index < -0.39 is 0 Å². The zero-order chi connectivity index (χ0) is 16.5. The van der Waals surface area contributed by atoms with Gasteiger partial charge in [0, 0.05) is 24.8 Å². The molecule has 0 aliphatic heterocycles. The second-order valence-corrected chi connectivity index (χ2v) is 5.46. The van der Waals surface area contributed by atoms with Gasteiger partial charge in [-0.1, -0.05) is 11.6 Å². The average Bonchev–Trinajstić information content (AvgIpc) is 3.08. The fourth-order valence-corrected chi connectivity index (χ4v) is 2.63. The molecule has 0 amide bonds. The Kier molecular flexibility index (Phi) is 6.78. The SMILES string of the molecule is CCNC(=NCCC1=CCCC1)Nc1ccc(OC)c(OC)c1. The minimum Gasteiger partial charge on any atom is -0.493 e. The van der Waals surface area contributed by atoms with Crippen LogP contribution < -0.4 is 20.1 Å². The van der Waals surface area contributed by atoms with Gasteiger partial charge < -0.3 is 20.1 Å². The summed E-state index contributed by atoms with van der Waals surface area (Å²) in [6.45, 7) is 3.68. The molecule has 0 fully saturated rings. The first-order chi connectivity index (χ1) is 11.3. The molecule has 0 heterocycles. The van der Waals surface area contributed by atoms with Crippen molar-refractivity contribution >= 4 is 11.6 Å². The first-order valence-corrected chi connectivity index (χ1v) is 8.22. The summed E-state index contributed by atoms with van der Waals surface area (Å²) >= 11 is 0. The van der Waals surface area contributed by atoms with Crippen molar-refractivity contribution in [2.45, 2.75) is 32.6 Å². The topological polar surface area (TPSA) is 54.9 Å². The van der Waals surface area contributed by atoms with Crippen LogP contribution in [0.15, 0.2) is 34.8 Å². The van der Waals surface area contributed by atoms with Crippen LogP contribution in [-0.2, 0) is 0 Å². The van der Waals surface area contributed by atoms with Crippen LogP contribution >= 0.6 is 0 Å². The van der Waals surface area contributed by atoms with Crippen LogP contribution in [0.1, 0.15) is 32.6 Å². The molecule has 0 unspecified atom stereocenters. The lowest BCUT2D eigenvalue weighted by Gasteiger charge is -2.14. The average molecular weight is 317 g/mol. The molecule has 1 aromatic rings. The van der Waals surface area contributed by atoms with Crippen LogP contribution in [0.5, 0.6) is 11.5 Å². The molecule has 0 atom stereocenters. The number of hydrogen-bond donors (Lipinski definition) is 2. The van der Waals surface area contributed by atoms with Gasteiger partial charge in [0.1, 0.15) is 0 Å². The van der Waals surface area contributed by atoms with Crippen LogP contribution in [-0.4, -0.2) is 33.3 Å². The molecule has 5 nitrogen and oxygen atoms in total. The zero-order valence-electron chi connectivity index (χ0n) is 14.3. The molecule has 2 rings (SSSR count). The molecule has 0 spiro atoms.